The fourth-order valence-corrected chi connectivity index (χ4v) is 2.14. The number of nitrogens with zero attached hydrogens (tertiary/aromatic N) is 1. The zero-order valence-corrected chi connectivity index (χ0v) is 14.7. The number of nitrogens with one attached hydrogen (secondary N) is 2. The Kier molecular flexibility index (Phi) is 6.54. The van der Waals surface area contributed by atoms with Crippen LogP contribution in [0.1, 0.15) is 21.7 Å². The van der Waals surface area contributed by atoms with E-state index in [-0.39, 0.29) is 17.5 Å². The molecule has 1 heterocycles. The van der Waals surface area contributed by atoms with Crippen molar-refractivity contribution in [3.8, 4) is 0 Å². The number of furan rings is 1. The van der Waals surface area contributed by atoms with Crippen molar-refractivity contribution in [2.45, 2.75) is 6.92 Å². The molecule has 2 aromatic rings. The van der Waals surface area contributed by atoms with Gasteiger partial charge in [-0.2, -0.15) is 0 Å². The predicted octanol–water partition coefficient (Wildman–Crippen LogP) is 2.04. The van der Waals surface area contributed by atoms with Crippen molar-refractivity contribution in [3.63, 3.8) is 0 Å². The Morgan fingerprint density at radius 3 is 2.64 bits per heavy atom. The van der Waals surface area contributed by atoms with E-state index < -0.39 is 0 Å². The Morgan fingerprint density at radius 2 is 2.00 bits per heavy atom. The number of carbonyl (C=O) groups is 2. The second-order valence-corrected chi connectivity index (χ2v) is 5.96. The first-order valence-electron chi connectivity index (χ1n) is 8.02. The third-order valence-electron chi connectivity index (χ3n) is 3.45. The maximum atomic E-state index is 12.5. The van der Waals surface area contributed by atoms with E-state index in [1.807, 2.05) is 32.0 Å². The summed E-state index contributed by atoms with van der Waals surface area (Å²) in [4.78, 5) is 26.8. The van der Waals surface area contributed by atoms with Crippen LogP contribution in [0, 0.1) is 6.92 Å². The van der Waals surface area contributed by atoms with E-state index in [1.54, 1.807) is 30.3 Å². The van der Waals surface area contributed by atoms with Gasteiger partial charge in [-0.15, -0.1) is 0 Å². The van der Waals surface area contributed by atoms with Gasteiger partial charge >= 0.3 is 0 Å². The molecule has 0 aliphatic rings. The van der Waals surface area contributed by atoms with Gasteiger partial charge in [0.2, 0.25) is 0 Å². The molecule has 6 heteroatoms. The molecule has 0 spiro atoms. The minimum Gasteiger partial charge on any atom is -0.465 e. The summed E-state index contributed by atoms with van der Waals surface area (Å²) in [5, 5.41) is 5.46. The molecule has 2 amide bonds. The van der Waals surface area contributed by atoms with Gasteiger partial charge in [-0.1, -0.05) is 17.7 Å². The number of likely N-dealkylation sites (N-methyl/N-ethyl adjacent to an activating group) is 1. The highest BCUT2D eigenvalue weighted by atomic mass is 16.3. The van der Waals surface area contributed by atoms with Crippen LogP contribution in [0.3, 0.4) is 0 Å². The molecule has 0 bridgehead atoms. The van der Waals surface area contributed by atoms with Gasteiger partial charge in [-0.25, -0.2) is 0 Å². The Bertz CT molecular complexity index is 749. The molecule has 0 saturated heterocycles. The first kappa shape index (κ1) is 18.5. The first-order valence-corrected chi connectivity index (χ1v) is 8.02. The van der Waals surface area contributed by atoms with Crippen molar-refractivity contribution in [2.24, 2.45) is 0 Å². The third kappa shape index (κ3) is 5.93. The second kappa shape index (κ2) is 8.84. The molecule has 0 fully saturated rings. The largest absolute Gasteiger partial charge is 0.465 e. The molecule has 2 N–H and O–H groups in total. The summed E-state index contributed by atoms with van der Waals surface area (Å²) in [6, 6.07) is 10.6. The average molecular weight is 341 g/mol. The van der Waals surface area contributed by atoms with Crippen LogP contribution in [0.5, 0.6) is 0 Å². The van der Waals surface area contributed by atoms with Gasteiger partial charge in [-0.3, -0.25) is 9.59 Å². The molecular formula is C19H23N3O3. The minimum atomic E-state index is -0.362. The maximum Gasteiger partial charge on any atom is 0.267 e. The van der Waals surface area contributed by atoms with E-state index in [9.17, 15) is 9.59 Å². The highest BCUT2D eigenvalue weighted by Crippen LogP contribution is 2.09. The van der Waals surface area contributed by atoms with E-state index in [0.717, 1.165) is 5.56 Å². The third-order valence-corrected chi connectivity index (χ3v) is 3.45. The molecule has 0 unspecified atom stereocenters. The second-order valence-electron chi connectivity index (χ2n) is 5.96. The standard InChI is InChI=1S/C19H23N3O3/c1-14-6-4-7-15(12-14)18(23)21-17(13-16-8-5-11-25-16)19(24)20-9-10-22(2)3/h4-8,11-13H,9-10H2,1-3H3,(H,20,24)(H,21,23)/b17-13-. The zero-order chi connectivity index (χ0) is 18.2. The van der Waals surface area contributed by atoms with Gasteiger partial charge < -0.3 is 20.0 Å². The summed E-state index contributed by atoms with van der Waals surface area (Å²) in [6.45, 7) is 3.08. The Labute approximate surface area is 147 Å². The number of benzene rings is 1. The molecule has 25 heavy (non-hydrogen) atoms. The fourth-order valence-electron chi connectivity index (χ4n) is 2.14. The molecule has 6 nitrogen and oxygen atoms in total. The number of hydrogen-bond donors (Lipinski definition) is 2. The van der Waals surface area contributed by atoms with Gasteiger partial charge in [0.05, 0.1) is 6.26 Å². The van der Waals surface area contributed by atoms with E-state index in [4.69, 9.17) is 4.42 Å². The van der Waals surface area contributed by atoms with E-state index in [1.165, 1.54) is 12.3 Å². The lowest BCUT2D eigenvalue weighted by molar-refractivity contribution is -0.117. The van der Waals surface area contributed by atoms with Gasteiger partial charge in [0.1, 0.15) is 11.5 Å². The summed E-state index contributed by atoms with van der Waals surface area (Å²) in [7, 11) is 3.84. The number of aryl methyl sites for hydroxylation is 1. The fraction of sp³-hybridized carbons (Fsp3) is 0.263. The maximum absolute atomic E-state index is 12.5. The van der Waals surface area contributed by atoms with E-state index in [2.05, 4.69) is 10.6 Å². The number of hydrogen-bond acceptors (Lipinski definition) is 4. The molecule has 0 atom stereocenters. The highest BCUT2D eigenvalue weighted by molar-refractivity contribution is 6.05. The predicted molar refractivity (Wildman–Crippen MR) is 96.9 cm³/mol. The van der Waals surface area contributed by atoms with Crippen LogP contribution >= 0.6 is 0 Å². The lowest BCUT2D eigenvalue weighted by atomic mass is 10.1. The molecule has 0 radical (unpaired) electrons. The molecule has 1 aromatic heterocycles. The number of carbonyl (C=O) groups excluding carboxylic acids is 2. The van der Waals surface area contributed by atoms with Crippen molar-refractivity contribution < 1.29 is 14.0 Å². The number of amides is 2. The van der Waals surface area contributed by atoms with Crippen molar-refractivity contribution in [1.82, 2.24) is 15.5 Å². The van der Waals surface area contributed by atoms with E-state index >= 15 is 0 Å². The Morgan fingerprint density at radius 1 is 1.20 bits per heavy atom. The lowest BCUT2D eigenvalue weighted by Crippen LogP contribution is -2.37. The smallest absolute Gasteiger partial charge is 0.267 e. The molecule has 2 rings (SSSR count). The molecule has 1 aromatic carbocycles. The topological polar surface area (TPSA) is 74.6 Å². The van der Waals surface area contributed by atoms with Crippen LogP contribution in [0.4, 0.5) is 0 Å². The van der Waals surface area contributed by atoms with Crippen LogP contribution in [-0.2, 0) is 4.79 Å². The average Bonchev–Trinajstić information content (AvgIpc) is 3.06. The van der Waals surface area contributed by atoms with Crippen LogP contribution in [0.25, 0.3) is 6.08 Å². The van der Waals surface area contributed by atoms with Crippen LogP contribution < -0.4 is 10.6 Å². The Balaban J connectivity index is 2.14. The zero-order valence-electron chi connectivity index (χ0n) is 14.7. The highest BCUT2D eigenvalue weighted by Gasteiger charge is 2.15. The van der Waals surface area contributed by atoms with Gasteiger partial charge in [0.15, 0.2) is 0 Å². The van der Waals surface area contributed by atoms with Gasteiger partial charge in [0, 0.05) is 24.7 Å². The normalized spacial score (nSPS) is 11.4. The van der Waals surface area contributed by atoms with E-state index in [0.29, 0.717) is 24.4 Å². The van der Waals surface area contributed by atoms with Crippen LogP contribution in [-0.4, -0.2) is 43.9 Å². The lowest BCUT2D eigenvalue weighted by Gasteiger charge is -2.13. The summed E-state index contributed by atoms with van der Waals surface area (Å²) in [5.74, 6) is -0.217. The van der Waals surface area contributed by atoms with Crippen molar-refractivity contribution >= 4 is 17.9 Å². The van der Waals surface area contributed by atoms with Crippen molar-refractivity contribution in [3.05, 3.63) is 65.2 Å². The minimum absolute atomic E-state index is 0.139. The first-order chi connectivity index (χ1) is 12.0. The number of rotatable bonds is 7. The van der Waals surface area contributed by atoms with Gasteiger partial charge in [0.25, 0.3) is 11.8 Å². The molecule has 0 aliphatic heterocycles. The van der Waals surface area contributed by atoms with Gasteiger partial charge in [-0.05, 0) is 45.3 Å². The molecular weight excluding hydrogens is 318 g/mol. The summed E-state index contributed by atoms with van der Waals surface area (Å²) in [6.07, 6.45) is 3.02. The molecule has 132 valence electrons. The summed E-state index contributed by atoms with van der Waals surface area (Å²) >= 11 is 0. The monoisotopic (exact) mass is 341 g/mol. The van der Waals surface area contributed by atoms with Crippen LogP contribution in [0.15, 0.2) is 52.8 Å². The quantitative estimate of drug-likeness (QED) is 0.756. The Hall–Kier alpha value is -2.86. The van der Waals surface area contributed by atoms with Crippen LogP contribution in [0.2, 0.25) is 0 Å². The molecule has 0 saturated carbocycles. The summed E-state index contributed by atoms with van der Waals surface area (Å²) < 4.78 is 5.25. The van der Waals surface area contributed by atoms with Crippen molar-refractivity contribution in [1.29, 1.82) is 0 Å². The molecule has 0 aliphatic carbocycles. The SMILES string of the molecule is Cc1cccc(C(=O)N/C(=C\c2ccco2)C(=O)NCCN(C)C)c1. The van der Waals surface area contributed by atoms with Crippen molar-refractivity contribution in [2.75, 3.05) is 27.2 Å². The summed E-state index contributed by atoms with van der Waals surface area (Å²) in [5.41, 5.74) is 1.60.